The van der Waals surface area contributed by atoms with E-state index in [1.807, 2.05) is 37.3 Å². The standard InChI is InChI=1S/C20H26N6O/c1-13(2)16(21)10-12-25(4)20(27)18-14(3)26(24-23-18)17-9-5-7-15-8-6-11-22-19(15)17/h5-9,11,13,16H,10,12,21H2,1-4H3. The molecular formula is C20H26N6O. The fourth-order valence-electron chi connectivity index (χ4n) is 2.97. The van der Waals surface area contributed by atoms with Crippen molar-refractivity contribution in [2.45, 2.75) is 33.2 Å². The summed E-state index contributed by atoms with van der Waals surface area (Å²) in [4.78, 5) is 18.9. The van der Waals surface area contributed by atoms with Crippen LogP contribution in [0.2, 0.25) is 0 Å². The number of amides is 1. The molecule has 0 radical (unpaired) electrons. The number of nitrogens with zero attached hydrogens (tertiary/aromatic N) is 5. The van der Waals surface area contributed by atoms with E-state index in [-0.39, 0.29) is 11.9 Å². The minimum absolute atomic E-state index is 0.0683. The highest BCUT2D eigenvalue weighted by atomic mass is 16.2. The summed E-state index contributed by atoms with van der Waals surface area (Å²) < 4.78 is 1.68. The fourth-order valence-corrected chi connectivity index (χ4v) is 2.97. The third kappa shape index (κ3) is 3.83. The molecule has 7 heteroatoms. The van der Waals surface area contributed by atoms with Crippen LogP contribution in [0.15, 0.2) is 36.5 Å². The summed E-state index contributed by atoms with van der Waals surface area (Å²) >= 11 is 0. The van der Waals surface area contributed by atoms with Crippen molar-refractivity contribution < 1.29 is 4.79 Å². The van der Waals surface area contributed by atoms with Gasteiger partial charge < -0.3 is 10.6 Å². The highest BCUT2D eigenvalue weighted by molar-refractivity contribution is 5.93. The summed E-state index contributed by atoms with van der Waals surface area (Å²) in [7, 11) is 1.77. The number of hydrogen-bond acceptors (Lipinski definition) is 5. The second kappa shape index (κ2) is 7.84. The molecule has 1 aromatic carbocycles. The molecule has 0 spiro atoms. The Hall–Kier alpha value is -2.80. The molecule has 27 heavy (non-hydrogen) atoms. The van der Waals surface area contributed by atoms with Gasteiger partial charge in [-0.05, 0) is 31.4 Å². The number of nitrogens with two attached hydrogens (primary N) is 1. The SMILES string of the molecule is Cc1c(C(=O)N(C)CCC(N)C(C)C)nnn1-c1cccc2cccnc12. The first-order valence-corrected chi connectivity index (χ1v) is 9.17. The number of pyridine rings is 1. The van der Waals surface area contributed by atoms with Crippen LogP contribution in [0.1, 0.15) is 36.5 Å². The molecule has 142 valence electrons. The first kappa shape index (κ1) is 19.0. The summed E-state index contributed by atoms with van der Waals surface area (Å²) in [6, 6.07) is 9.83. The molecule has 0 aliphatic heterocycles. The largest absolute Gasteiger partial charge is 0.340 e. The van der Waals surface area contributed by atoms with Gasteiger partial charge in [-0.3, -0.25) is 9.78 Å². The van der Waals surface area contributed by atoms with Gasteiger partial charge in [0.25, 0.3) is 5.91 Å². The number of carbonyl (C=O) groups is 1. The number of carbonyl (C=O) groups excluding carboxylic acids is 1. The summed E-state index contributed by atoms with van der Waals surface area (Å²) in [6.45, 7) is 6.60. The van der Waals surface area contributed by atoms with Crippen molar-refractivity contribution in [2.24, 2.45) is 11.7 Å². The Morgan fingerprint density at radius 3 is 2.74 bits per heavy atom. The lowest BCUT2D eigenvalue weighted by atomic mass is 10.0. The maximum absolute atomic E-state index is 12.8. The first-order chi connectivity index (χ1) is 12.9. The lowest BCUT2D eigenvalue weighted by Gasteiger charge is -2.21. The number of hydrogen-bond donors (Lipinski definition) is 1. The van der Waals surface area contributed by atoms with E-state index in [1.165, 1.54) is 0 Å². The summed E-state index contributed by atoms with van der Waals surface area (Å²) in [5.74, 6) is 0.234. The summed E-state index contributed by atoms with van der Waals surface area (Å²) in [5, 5.41) is 9.37. The molecule has 3 rings (SSSR count). The Labute approximate surface area is 159 Å². The molecule has 3 aromatic rings. The highest BCUT2D eigenvalue weighted by Gasteiger charge is 2.22. The van der Waals surface area contributed by atoms with Crippen LogP contribution in [0.5, 0.6) is 0 Å². The predicted octanol–water partition coefficient (Wildman–Crippen LogP) is 2.57. The number of para-hydroxylation sites is 1. The normalized spacial score (nSPS) is 12.5. The molecule has 0 bridgehead atoms. The van der Waals surface area contributed by atoms with E-state index in [4.69, 9.17) is 5.73 Å². The second-order valence-corrected chi connectivity index (χ2v) is 7.21. The third-order valence-electron chi connectivity index (χ3n) is 4.94. The zero-order chi connectivity index (χ0) is 19.6. The van der Waals surface area contributed by atoms with Gasteiger partial charge >= 0.3 is 0 Å². The van der Waals surface area contributed by atoms with E-state index in [2.05, 4.69) is 29.1 Å². The van der Waals surface area contributed by atoms with Crippen LogP contribution in [-0.2, 0) is 0 Å². The van der Waals surface area contributed by atoms with Gasteiger partial charge in [0.05, 0.1) is 16.9 Å². The lowest BCUT2D eigenvalue weighted by Crippen LogP contribution is -2.35. The lowest BCUT2D eigenvalue weighted by molar-refractivity contribution is 0.0782. The van der Waals surface area contributed by atoms with Gasteiger partial charge in [-0.1, -0.05) is 37.3 Å². The van der Waals surface area contributed by atoms with E-state index in [0.717, 1.165) is 23.0 Å². The molecule has 0 saturated heterocycles. The molecule has 2 N–H and O–H groups in total. The van der Waals surface area contributed by atoms with Crippen LogP contribution in [-0.4, -0.2) is 50.4 Å². The van der Waals surface area contributed by atoms with E-state index in [1.54, 1.807) is 22.8 Å². The second-order valence-electron chi connectivity index (χ2n) is 7.21. The van der Waals surface area contributed by atoms with E-state index >= 15 is 0 Å². The van der Waals surface area contributed by atoms with Gasteiger partial charge in [0.1, 0.15) is 0 Å². The van der Waals surface area contributed by atoms with Gasteiger partial charge in [-0.25, -0.2) is 4.68 Å². The zero-order valence-electron chi connectivity index (χ0n) is 16.3. The van der Waals surface area contributed by atoms with Crippen molar-refractivity contribution in [1.29, 1.82) is 0 Å². The van der Waals surface area contributed by atoms with Crippen LogP contribution in [0.25, 0.3) is 16.6 Å². The average molecular weight is 366 g/mol. The quantitative estimate of drug-likeness (QED) is 0.724. The number of rotatable bonds is 6. The minimum Gasteiger partial charge on any atom is -0.340 e. The number of fused-ring (bicyclic) bond motifs is 1. The Bertz CT molecular complexity index is 943. The first-order valence-electron chi connectivity index (χ1n) is 9.17. The number of aromatic nitrogens is 4. The molecule has 7 nitrogen and oxygen atoms in total. The fraction of sp³-hybridized carbons (Fsp3) is 0.400. The van der Waals surface area contributed by atoms with Gasteiger partial charge in [-0.2, -0.15) is 0 Å². The molecule has 0 fully saturated rings. The molecule has 1 atom stereocenters. The molecule has 2 aromatic heterocycles. The molecule has 2 heterocycles. The minimum atomic E-state index is -0.150. The van der Waals surface area contributed by atoms with Crippen molar-refractivity contribution in [3.05, 3.63) is 47.9 Å². The topological polar surface area (TPSA) is 89.9 Å². The number of benzene rings is 1. The molecule has 1 unspecified atom stereocenters. The van der Waals surface area contributed by atoms with Crippen LogP contribution in [0.4, 0.5) is 0 Å². The zero-order valence-corrected chi connectivity index (χ0v) is 16.3. The Morgan fingerprint density at radius 2 is 2.00 bits per heavy atom. The average Bonchev–Trinajstić information content (AvgIpc) is 3.05. The Balaban J connectivity index is 1.85. The smallest absolute Gasteiger partial charge is 0.276 e. The van der Waals surface area contributed by atoms with Crippen LogP contribution in [0.3, 0.4) is 0 Å². The monoisotopic (exact) mass is 366 g/mol. The molecule has 0 aliphatic carbocycles. The maximum atomic E-state index is 12.8. The van der Waals surface area contributed by atoms with Gasteiger partial charge in [0.15, 0.2) is 5.69 Å². The van der Waals surface area contributed by atoms with Crippen molar-refractivity contribution >= 4 is 16.8 Å². The third-order valence-corrected chi connectivity index (χ3v) is 4.94. The highest BCUT2D eigenvalue weighted by Crippen LogP contribution is 2.21. The molecule has 1 amide bonds. The molecule has 0 saturated carbocycles. The Kier molecular flexibility index (Phi) is 5.51. The van der Waals surface area contributed by atoms with Crippen molar-refractivity contribution in [2.75, 3.05) is 13.6 Å². The van der Waals surface area contributed by atoms with Crippen molar-refractivity contribution in [3.8, 4) is 5.69 Å². The van der Waals surface area contributed by atoms with Gasteiger partial charge in [0, 0.05) is 31.2 Å². The van der Waals surface area contributed by atoms with E-state index in [0.29, 0.717) is 23.9 Å². The Morgan fingerprint density at radius 1 is 1.26 bits per heavy atom. The van der Waals surface area contributed by atoms with Crippen molar-refractivity contribution in [3.63, 3.8) is 0 Å². The van der Waals surface area contributed by atoms with Gasteiger partial charge in [0.2, 0.25) is 0 Å². The molecular weight excluding hydrogens is 340 g/mol. The van der Waals surface area contributed by atoms with Gasteiger partial charge in [-0.15, -0.1) is 5.10 Å². The summed E-state index contributed by atoms with van der Waals surface area (Å²) in [5.41, 5.74) is 8.76. The van der Waals surface area contributed by atoms with E-state index < -0.39 is 0 Å². The van der Waals surface area contributed by atoms with Crippen LogP contribution in [0, 0.1) is 12.8 Å². The molecule has 0 aliphatic rings. The van der Waals surface area contributed by atoms with Crippen molar-refractivity contribution in [1.82, 2.24) is 24.9 Å². The summed E-state index contributed by atoms with van der Waals surface area (Å²) in [6.07, 6.45) is 2.50. The van der Waals surface area contributed by atoms with Crippen LogP contribution >= 0.6 is 0 Å². The van der Waals surface area contributed by atoms with Crippen LogP contribution < -0.4 is 5.73 Å². The predicted molar refractivity (Wildman–Crippen MR) is 106 cm³/mol. The maximum Gasteiger partial charge on any atom is 0.276 e. The van der Waals surface area contributed by atoms with E-state index in [9.17, 15) is 4.79 Å².